The molecule has 0 spiro atoms. The van der Waals surface area contributed by atoms with Gasteiger partial charge in [-0.1, -0.05) is 135 Å². The Labute approximate surface area is 360 Å². The molecule has 0 unspecified atom stereocenters. The first kappa shape index (κ1) is 42.1. The van der Waals surface area contributed by atoms with Crippen LogP contribution in [0.3, 0.4) is 0 Å². The topological polar surface area (TPSA) is 75.5 Å². The SMILES string of the molecule is O=C([C@H]1CCN1S(=O)(=O)c1c(F)c(F)c(F)c(F)c1F)N(Cc1ccc(C2CCCCC2)cc1)c1ccc2cnn(C(c3ccccc3)(c3ccccc3)c3ccccc3)c2c1F. The van der Waals surface area contributed by atoms with Crippen LogP contribution >= 0.6 is 0 Å². The lowest BCUT2D eigenvalue weighted by atomic mass is 9.77. The summed E-state index contributed by atoms with van der Waals surface area (Å²) in [7, 11) is -5.50. The standard InChI is InChI=1S/C49H40F6N4O3S/c50-40-38(26-25-34-29-56-59(46(34)40)49(35-15-7-2-8-16-35,36-17-9-3-10-18-36)37-19-11-4-12-20-37)57(30-31-21-23-33(24-22-31)32-13-5-1-6-14-32)48(60)39-27-28-58(39)63(61,62)47-44(54)42(52)41(51)43(53)45(47)55/h2-4,7-12,15-26,29,32,39H,1,5-6,13-14,27-28,30H2/t39-/m1/s1. The van der Waals surface area contributed by atoms with Gasteiger partial charge in [-0.25, -0.2) is 39.4 Å². The average Bonchev–Trinajstić information content (AvgIpc) is 3.74. The molecular formula is C49H40F6N4O3S. The molecule has 322 valence electrons. The number of hydrogen-bond acceptors (Lipinski definition) is 4. The molecule has 0 N–H and O–H groups in total. The lowest BCUT2D eigenvalue weighted by Gasteiger charge is -2.41. The molecule has 2 fully saturated rings. The minimum Gasteiger partial charge on any atom is -0.304 e. The van der Waals surface area contributed by atoms with E-state index in [4.69, 9.17) is 5.10 Å². The molecule has 7 aromatic rings. The zero-order valence-corrected chi connectivity index (χ0v) is 34.5. The number of hydrogen-bond donors (Lipinski definition) is 0. The van der Waals surface area contributed by atoms with Crippen molar-refractivity contribution in [3.8, 4) is 0 Å². The molecule has 9 rings (SSSR count). The lowest BCUT2D eigenvalue weighted by molar-refractivity contribution is -0.125. The molecule has 7 nitrogen and oxygen atoms in total. The molecule has 1 saturated carbocycles. The first-order chi connectivity index (χ1) is 30.4. The molecule has 0 radical (unpaired) electrons. The van der Waals surface area contributed by atoms with Crippen LogP contribution in [-0.2, 0) is 26.9 Å². The van der Waals surface area contributed by atoms with Gasteiger partial charge in [0, 0.05) is 11.9 Å². The Hall–Kier alpha value is -6.25. The fourth-order valence-corrected chi connectivity index (χ4v) is 11.0. The Balaban J connectivity index is 1.20. The Morgan fingerprint density at radius 1 is 0.635 bits per heavy atom. The summed E-state index contributed by atoms with van der Waals surface area (Å²) >= 11 is 0. The van der Waals surface area contributed by atoms with E-state index >= 15 is 13.2 Å². The third kappa shape index (κ3) is 7.09. The number of halogens is 6. The van der Waals surface area contributed by atoms with Crippen molar-refractivity contribution in [3.63, 3.8) is 0 Å². The van der Waals surface area contributed by atoms with Crippen molar-refractivity contribution in [1.29, 1.82) is 0 Å². The van der Waals surface area contributed by atoms with Gasteiger partial charge >= 0.3 is 0 Å². The van der Waals surface area contributed by atoms with Gasteiger partial charge in [-0.05, 0) is 65.1 Å². The predicted octanol–water partition coefficient (Wildman–Crippen LogP) is 10.8. The molecule has 14 heteroatoms. The summed E-state index contributed by atoms with van der Waals surface area (Å²) < 4.78 is 120. The van der Waals surface area contributed by atoms with Crippen LogP contribution in [0, 0.1) is 34.9 Å². The number of rotatable bonds is 11. The van der Waals surface area contributed by atoms with E-state index in [0.717, 1.165) is 52.8 Å². The van der Waals surface area contributed by atoms with E-state index in [0.29, 0.717) is 21.2 Å². The summed E-state index contributed by atoms with van der Waals surface area (Å²) in [6.45, 7) is -0.751. The van der Waals surface area contributed by atoms with Gasteiger partial charge in [0.25, 0.3) is 0 Å². The van der Waals surface area contributed by atoms with E-state index in [1.165, 1.54) is 18.7 Å². The van der Waals surface area contributed by atoms with Crippen LogP contribution in [0.5, 0.6) is 0 Å². The zero-order valence-electron chi connectivity index (χ0n) is 33.7. The van der Waals surface area contributed by atoms with Crippen molar-refractivity contribution in [3.05, 3.63) is 196 Å². The minimum atomic E-state index is -5.50. The van der Waals surface area contributed by atoms with Crippen LogP contribution in [0.4, 0.5) is 32.0 Å². The summed E-state index contributed by atoms with van der Waals surface area (Å²) in [6.07, 6.45) is 6.79. The Kier molecular flexibility index (Phi) is 11.2. The number of benzene rings is 6. The number of carbonyl (C=O) groups excluding carboxylic acids is 1. The van der Waals surface area contributed by atoms with Gasteiger partial charge in [-0.2, -0.15) is 9.40 Å². The van der Waals surface area contributed by atoms with Gasteiger partial charge in [0.1, 0.15) is 17.1 Å². The number of carbonyl (C=O) groups is 1. The van der Waals surface area contributed by atoms with E-state index in [9.17, 15) is 26.4 Å². The van der Waals surface area contributed by atoms with E-state index in [2.05, 4.69) is 0 Å². The van der Waals surface area contributed by atoms with Gasteiger partial charge in [-0.15, -0.1) is 0 Å². The summed E-state index contributed by atoms with van der Waals surface area (Å²) in [5.41, 5.74) is 2.39. The number of amides is 1. The van der Waals surface area contributed by atoms with Crippen LogP contribution in [0.1, 0.15) is 72.3 Å². The minimum absolute atomic E-state index is 0.00833. The Morgan fingerprint density at radius 2 is 1.16 bits per heavy atom. The summed E-state index contributed by atoms with van der Waals surface area (Å²) in [6, 6.07) is 37.1. The average molecular weight is 879 g/mol. The van der Waals surface area contributed by atoms with Crippen molar-refractivity contribution in [2.24, 2.45) is 0 Å². The van der Waals surface area contributed by atoms with Crippen molar-refractivity contribution in [2.45, 2.75) is 67.5 Å². The zero-order chi connectivity index (χ0) is 44.0. The summed E-state index contributed by atoms with van der Waals surface area (Å²) in [4.78, 5) is 13.9. The number of aromatic nitrogens is 2. The van der Waals surface area contributed by atoms with Crippen LogP contribution < -0.4 is 4.90 Å². The first-order valence-electron chi connectivity index (χ1n) is 20.7. The molecule has 1 saturated heterocycles. The highest BCUT2D eigenvalue weighted by molar-refractivity contribution is 7.89. The molecule has 63 heavy (non-hydrogen) atoms. The van der Waals surface area contributed by atoms with E-state index < -0.39 is 73.9 Å². The van der Waals surface area contributed by atoms with Crippen molar-refractivity contribution < 1.29 is 39.6 Å². The number of fused-ring (bicyclic) bond motifs is 1. The summed E-state index contributed by atoms with van der Waals surface area (Å²) in [5.74, 6) is -14.0. The second-order valence-electron chi connectivity index (χ2n) is 16.0. The van der Waals surface area contributed by atoms with Gasteiger partial charge < -0.3 is 4.90 Å². The van der Waals surface area contributed by atoms with Gasteiger partial charge in [0.2, 0.25) is 21.7 Å². The quantitative estimate of drug-likeness (QED) is 0.0561. The van der Waals surface area contributed by atoms with Crippen LogP contribution in [0.2, 0.25) is 0 Å². The maximum Gasteiger partial charge on any atom is 0.249 e. The third-order valence-electron chi connectivity index (χ3n) is 12.5. The van der Waals surface area contributed by atoms with E-state index in [1.54, 1.807) is 10.7 Å². The molecule has 1 aliphatic heterocycles. The molecular weight excluding hydrogens is 839 g/mol. The fraction of sp³-hybridized carbons (Fsp3) is 0.224. The van der Waals surface area contributed by atoms with Gasteiger partial charge in [-0.3, -0.25) is 4.79 Å². The smallest absolute Gasteiger partial charge is 0.249 e. The normalized spacial score (nSPS) is 16.3. The Morgan fingerprint density at radius 3 is 1.67 bits per heavy atom. The molecule has 6 aromatic carbocycles. The highest BCUT2D eigenvalue weighted by Crippen LogP contribution is 2.44. The molecule has 1 atom stereocenters. The fourth-order valence-electron chi connectivity index (χ4n) is 9.24. The maximum atomic E-state index is 18.1. The Bertz CT molecular complexity index is 2800. The largest absolute Gasteiger partial charge is 0.304 e. The van der Waals surface area contributed by atoms with E-state index in [-0.39, 0.29) is 24.2 Å². The van der Waals surface area contributed by atoms with Crippen molar-refractivity contribution in [1.82, 2.24) is 14.1 Å². The highest BCUT2D eigenvalue weighted by atomic mass is 32.2. The molecule has 1 aromatic heterocycles. The number of sulfonamides is 1. The molecule has 1 amide bonds. The highest BCUT2D eigenvalue weighted by Gasteiger charge is 2.49. The van der Waals surface area contributed by atoms with Crippen LogP contribution in [0.15, 0.2) is 138 Å². The molecule has 0 bridgehead atoms. The second kappa shape index (κ2) is 16.8. The van der Waals surface area contributed by atoms with Gasteiger partial charge in [0.15, 0.2) is 34.0 Å². The number of anilines is 1. The van der Waals surface area contributed by atoms with Crippen molar-refractivity contribution in [2.75, 3.05) is 11.4 Å². The first-order valence-corrected chi connectivity index (χ1v) is 22.1. The molecule has 2 heterocycles. The summed E-state index contributed by atoms with van der Waals surface area (Å²) in [5, 5.41) is 5.23. The monoisotopic (exact) mass is 878 g/mol. The van der Waals surface area contributed by atoms with Crippen molar-refractivity contribution >= 4 is 32.5 Å². The van der Waals surface area contributed by atoms with Crippen LogP contribution in [0.25, 0.3) is 10.9 Å². The third-order valence-corrected chi connectivity index (χ3v) is 14.4. The molecule has 2 aliphatic rings. The second-order valence-corrected chi connectivity index (χ2v) is 17.8. The number of nitrogens with zero attached hydrogens (tertiary/aromatic N) is 4. The predicted molar refractivity (Wildman–Crippen MR) is 226 cm³/mol. The lowest BCUT2D eigenvalue weighted by Crippen LogP contribution is -2.59. The van der Waals surface area contributed by atoms with Gasteiger partial charge in [0.05, 0.1) is 18.4 Å². The van der Waals surface area contributed by atoms with Crippen LogP contribution in [-0.4, -0.2) is 41.0 Å². The molecule has 1 aliphatic carbocycles. The van der Waals surface area contributed by atoms with E-state index in [1.807, 2.05) is 115 Å². The maximum absolute atomic E-state index is 18.1.